The predicted octanol–water partition coefficient (Wildman–Crippen LogP) is 3.17. The van der Waals surface area contributed by atoms with E-state index in [2.05, 4.69) is 20.4 Å². The highest BCUT2D eigenvalue weighted by atomic mass is 19.3. The molecule has 0 bridgehead atoms. The van der Waals surface area contributed by atoms with Gasteiger partial charge >= 0.3 is 6.61 Å². The summed E-state index contributed by atoms with van der Waals surface area (Å²) in [7, 11) is 1.66. The molecule has 0 heterocycles. The molecule has 0 atom stereocenters. The van der Waals surface area contributed by atoms with E-state index >= 15 is 0 Å². The van der Waals surface area contributed by atoms with E-state index in [0.29, 0.717) is 32.2 Å². The quantitative estimate of drug-likeness (QED) is 0.487. The van der Waals surface area contributed by atoms with Crippen LogP contribution in [0.1, 0.15) is 33.3 Å². The van der Waals surface area contributed by atoms with Gasteiger partial charge in [0.1, 0.15) is 0 Å². The van der Waals surface area contributed by atoms with Crippen LogP contribution in [-0.2, 0) is 11.3 Å². The van der Waals surface area contributed by atoms with Gasteiger partial charge in [-0.15, -0.1) is 0 Å². The highest BCUT2D eigenvalue weighted by molar-refractivity contribution is 5.79. The van der Waals surface area contributed by atoms with Crippen molar-refractivity contribution >= 4 is 5.96 Å². The smallest absolute Gasteiger partial charge is 0.387 e. The summed E-state index contributed by atoms with van der Waals surface area (Å²) in [6.45, 7) is 6.81. The molecule has 0 unspecified atom stereocenters. The summed E-state index contributed by atoms with van der Waals surface area (Å²) in [6, 6.07) is 4.82. The molecule has 1 aromatic rings. The maximum Gasteiger partial charge on any atom is 0.387 e. The molecule has 0 aliphatic rings. The van der Waals surface area contributed by atoms with Gasteiger partial charge in [0, 0.05) is 20.2 Å². The van der Waals surface area contributed by atoms with Gasteiger partial charge in [0.2, 0.25) is 0 Å². The zero-order valence-electron chi connectivity index (χ0n) is 16.1. The molecule has 6 nitrogen and oxygen atoms in total. The van der Waals surface area contributed by atoms with Crippen LogP contribution in [-0.4, -0.2) is 45.0 Å². The van der Waals surface area contributed by atoms with E-state index in [4.69, 9.17) is 9.47 Å². The number of alkyl halides is 2. The van der Waals surface area contributed by atoms with Crippen LogP contribution in [0.2, 0.25) is 0 Å². The first kappa shape index (κ1) is 22.0. The fourth-order valence-corrected chi connectivity index (χ4v) is 1.99. The molecule has 0 saturated carbocycles. The van der Waals surface area contributed by atoms with E-state index in [-0.39, 0.29) is 17.1 Å². The number of guanidine groups is 1. The number of aliphatic imine (C=N–C) groups is 1. The van der Waals surface area contributed by atoms with E-state index in [0.717, 1.165) is 5.56 Å². The Hall–Kier alpha value is -2.09. The standard InChI is InChI=1S/C18H29F2N3O3/c1-6-21-17(23-12-18(3,4)24-5)22-11-13-8-9-14(26-16(19)20)15(10-13)25-7-2/h8-10,16H,6-7,11-12H2,1-5H3,(H2,21,22,23). The van der Waals surface area contributed by atoms with Crippen LogP contribution in [0.3, 0.4) is 0 Å². The lowest BCUT2D eigenvalue weighted by Gasteiger charge is -2.24. The number of nitrogens with zero attached hydrogens (tertiary/aromatic N) is 1. The van der Waals surface area contributed by atoms with Crippen molar-refractivity contribution in [3.8, 4) is 11.5 Å². The molecule has 1 rings (SSSR count). The largest absolute Gasteiger partial charge is 0.490 e. The van der Waals surface area contributed by atoms with Crippen LogP contribution in [0.5, 0.6) is 11.5 Å². The number of methoxy groups -OCH3 is 1. The second-order valence-electron chi connectivity index (χ2n) is 6.11. The Kier molecular flexibility index (Phi) is 9.12. The number of rotatable bonds is 10. The molecule has 0 radical (unpaired) electrons. The van der Waals surface area contributed by atoms with Gasteiger partial charge in [0.05, 0.1) is 18.8 Å². The minimum atomic E-state index is -2.90. The summed E-state index contributed by atoms with van der Waals surface area (Å²) in [4.78, 5) is 4.51. The van der Waals surface area contributed by atoms with Crippen LogP contribution in [0.15, 0.2) is 23.2 Å². The lowest BCUT2D eigenvalue weighted by molar-refractivity contribution is -0.0514. The molecule has 0 saturated heterocycles. The third-order valence-corrected chi connectivity index (χ3v) is 3.52. The molecule has 1 aromatic carbocycles. The maximum absolute atomic E-state index is 12.5. The summed E-state index contributed by atoms with van der Waals surface area (Å²) in [5.74, 6) is 0.934. The lowest BCUT2D eigenvalue weighted by atomic mass is 10.1. The molecular formula is C18H29F2N3O3. The third kappa shape index (κ3) is 7.86. The summed E-state index contributed by atoms with van der Waals surface area (Å²) < 4.78 is 40.2. The first-order chi connectivity index (χ1) is 12.3. The molecule has 0 aromatic heterocycles. The van der Waals surface area contributed by atoms with Crippen LogP contribution in [0.4, 0.5) is 8.78 Å². The van der Waals surface area contributed by atoms with Gasteiger partial charge in [-0.3, -0.25) is 0 Å². The monoisotopic (exact) mass is 373 g/mol. The number of nitrogens with one attached hydrogen (secondary N) is 2. The van der Waals surface area contributed by atoms with Gasteiger partial charge in [-0.05, 0) is 45.4 Å². The van der Waals surface area contributed by atoms with Gasteiger partial charge in [-0.1, -0.05) is 6.07 Å². The van der Waals surface area contributed by atoms with Crippen molar-refractivity contribution in [1.82, 2.24) is 10.6 Å². The second kappa shape index (κ2) is 10.8. The van der Waals surface area contributed by atoms with Crippen molar-refractivity contribution in [2.75, 3.05) is 26.8 Å². The molecule has 0 amide bonds. The second-order valence-corrected chi connectivity index (χ2v) is 6.11. The number of hydrogen-bond acceptors (Lipinski definition) is 4. The number of benzene rings is 1. The SMILES string of the molecule is CCNC(=NCc1ccc(OC(F)F)c(OCC)c1)NCC(C)(C)OC. The normalized spacial score (nSPS) is 12.2. The van der Waals surface area contributed by atoms with Crippen molar-refractivity contribution in [2.45, 2.75) is 46.5 Å². The van der Waals surface area contributed by atoms with Crippen LogP contribution < -0.4 is 20.1 Å². The molecule has 148 valence electrons. The average Bonchev–Trinajstić information content (AvgIpc) is 2.59. The number of halogens is 2. The topological polar surface area (TPSA) is 64.1 Å². The summed E-state index contributed by atoms with van der Waals surface area (Å²) in [5, 5.41) is 6.37. The van der Waals surface area contributed by atoms with Gasteiger partial charge in [-0.2, -0.15) is 8.78 Å². The van der Waals surface area contributed by atoms with Crippen LogP contribution in [0, 0.1) is 0 Å². The highest BCUT2D eigenvalue weighted by Crippen LogP contribution is 2.30. The van der Waals surface area contributed by atoms with Crippen molar-refractivity contribution in [3.05, 3.63) is 23.8 Å². The Balaban J connectivity index is 2.85. The maximum atomic E-state index is 12.5. The Labute approximate surface area is 153 Å². The Morgan fingerprint density at radius 3 is 2.50 bits per heavy atom. The molecule has 0 fully saturated rings. The fraction of sp³-hybridized carbons (Fsp3) is 0.611. The number of ether oxygens (including phenoxy) is 3. The molecule has 0 spiro atoms. The predicted molar refractivity (Wildman–Crippen MR) is 98.1 cm³/mol. The Bertz CT molecular complexity index is 581. The lowest BCUT2D eigenvalue weighted by Crippen LogP contribution is -2.45. The van der Waals surface area contributed by atoms with E-state index < -0.39 is 6.61 Å². The van der Waals surface area contributed by atoms with E-state index in [9.17, 15) is 8.78 Å². The summed E-state index contributed by atoms with van der Waals surface area (Å²) in [5.41, 5.74) is 0.491. The summed E-state index contributed by atoms with van der Waals surface area (Å²) in [6.07, 6.45) is 0. The van der Waals surface area contributed by atoms with Crippen molar-refractivity contribution < 1.29 is 23.0 Å². The van der Waals surface area contributed by atoms with Crippen molar-refractivity contribution in [1.29, 1.82) is 0 Å². The van der Waals surface area contributed by atoms with E-state index in [1.807, 2.05) is 20.8 Å². The number of hydrogen-bond donors (Lipinski definition) is 2. The molecular weight excluding hydrogens is 344 g/mol. The van der Waals surface area contributed by atoms with Gasteiger partial charge in [0.25, 0.3) is 0 Å². The fourth-order valence-electron chi connectivity index (χ4n) is 1.99. The molecule has 0 aliphatic carbocycles. The molecule has 0 aliphatic heterocycles. The van der Waals surface area contributed by atoms with Crippen molar-refractivity contribution in [3.63, 3.8) is 0 Å². The van der Waals surface area contributed by atoms with Gasteiger partial charge < -0.3 is 24.8 Å². The zero-order chi connectivity index (χ0) is 19.6. The Morgan fingerprint density at radius 1 is 1.19 bits per heavy atom. The van der Waals surface area contributed by atoms with Crippen LogP contribution >= 0.6 is 0 Å². The first-order valence-corrected chi connectivity index (χ1v) is 8.59. The average molecular weight is 373 g/mol. The Morgan fingerprint density at radius 2 is 1.92 bits per heavy atom. The van der Waals surface area contributed by atoms with Crippen molar-refractivity contribution in [2.24, 2.45) is 4.99 Å². The minimum absolute atomic E-state index is 0.0152. The van der Waals surface area contributed by atoms with E-state index in [1.165, 1.54) is 6.07 Å². The molecule has 2 N–H and O–H groups in total. The minimum Gasteiger partial charge on any atom is -0.490 e. The van der Waals surface area contributed by atoms with Gasteiger partial charge in [0.15, 0.2) is 17.5 Å². The van der Waals surface area contributed by atoms with Crippen LogP contribution in [0.25, 0.3) is 0 Å². The first-order valence-electron chi connectivity index (χ1n) is 8.59. The third-order valence-electron chi connectivity index (χ3n) is 3.52. The van der Waals surface area contributed by atoms with Gasteiger partial charge in [-0.25, -0.2) is 4.99 Å². The molecule has 8 heteroatoms. The zero-order valence-corrected chi connectivity index (χ0v) is 16.1. The summed E-state index contributed by atoms with van der Waals surface area (Å²) >= 11 is 0. The highest BCUT2D eigenvalue weighted by Gasteiger charge is 2.16. The molecule has 26 heavy (non-hydrogen) atoms. The van der Waals surface area contributed by atoms with E-state index in [1.54, 1.807) is 26.2 Å².